The molecule has 1 saturated carbocycles. The number of carboxylic acid groups (broad SMARTS) is 1. The van der Waals surface area contributed by atoms with Crippen LogP contribution in [-0.2, 0) is 10.2 Å². The van der Waals surface area contributed by atoms with Crippen molar-refractivity contribution in [2.75, 3.05) is 0 Å². The molecule has 0 atom stereocenters. The molecule has 88 valence electrons. The highest BCUT2D eigenvalue weighted by Crippen LogP contribution is 2.53. The van der Waals surface area contributed by atoms with Crippen molar-refractivity contribution in [3.05, 3.63) is 35.0 Å². The summed E-state index contributed by atoms with van der Waals surface area (Å²) in [7, 11) is 0. The van der Waals surface area contributed by atoms with Crippen LogP contribution in [0.5, 0.6) is 0 Å². The second-order valence-electron chi connectivity index (χ2n) is 4.72. The van der Waals surface area contributed by atoms with Gasteiger partial charge in [-0.1, -0.05) is 23.7 Å². The summed E-state index contributed by atoms with van der Waals surface area (Å²) >= 11 is 6.17. The zero-order chi connectivity index (χ0) is 12.0. The van der Waals surface area contributed by atoms with Crippen molar-refractivity contribution in [1.82, 2.24) is 4.98 Å². The quantitative estimate of drug-likeness (QED) is 0.877. The van der Waals surface area contributed by atoms with Crippen LogP contribution in [0.3, 0.4) is 0 Å². The molecule has 1 aliphatic rings. The Labute approximate surface area is 103 Å². The topological polar surface area (TPSA) is 53.1 Å². The first kappa shape index (κ1) is 10.7. The van der Waals surface area contributed by atoms with Crippen LogP contribution in [-0.4, -0.2) is 16.1 Å². The maximum Gasteiger partial charge on any atom is 0.304 e. The SMILES string of the molecule is O=C(O)CC1(c2cccc3[nH]cc(Cl)c23)CC1. The maximum absolute atomic E-state index is 10.9. The van der Waals surface area contributed by atoms with Gasteiger partial charge in [-0.15, -0.1) is 0 Å². The molecule has 2 N–H and O–H groups in total. The van der Waals surface area contributed by atoms with Gasteiger partial charge in [0, 0.05) is 22.5 Å². The van der Waals surface area contributed by atoms with E-state index in [-0.39, 0.29) is 11.8 Å². The molecule has 0 aliphatic heterocycles. The van der Waals surface area contributed by atoms with E-state index in [0.29, 0.717) is 5.02 Å². The van der Waals surface area contributed by atoms with Crippen molar-refractivity contribution in [3.8, 4) is 0 Å². The van der Waals surface area contributed by atoms with E-state index in [1.165, 1.54) is 0 Å². The highest BCUT2D eigenvalue weighted by Gasteiger charge is 2.47. The Morgan fingerprint density at radius 3 is 2.88 bits per heavy atom. The van der Waals surface area contributed by atoms with Gasteiger partial charge in [-0.25, -0.2) is 0 Å². The molecule has 1 heterocycles. The van der Waals surface area contributed by atoms with E-state index < -0.39 is 5.97 Å². The van der Waals surface area contributed by atoms with Gasteiger partial charge in [-0.2, -0.15) is 0 Å². The van der Waals surface area contributed by atoms with Gasteiger partial charge in [0.2, 0.25) is 0 Å². The lowest BCUT2D eigenvalue weighted by molar-refractivity contribution is -0.137. The Balaban J connectivity index is 2.17. The predicted molar refractivity (Wildman–Crippen MR) is 66.5 cm³/mol. The largest absolute Gasteiger partial charge is 0.481 e. The number of benzene rings is 1. The van der Waals surface area contributed by atoms with E-state index in [9.17, 15) is 4.79 Å². The average Bonchev–Trinajstić information content (AvgIpc) is 2.96. The minimum atomic E-state index is -0.744. The number of aromatic nitrogens is 1. The molecular weight excluding hydrogens is 238 g/mol. The van der Waals surface area contributed by atoms with Gasteiger partial charge in [0.25, 0.3) is 0 Å². The van der Waals surface area contributed by atoms with Crippen LogP contribution in [0.2, 0.25) is 5.02 Å². The van der Waals surface area contributed by atoms with Crippen LogP contribution < -0.4 is 0 Å². The number of aromatic amines is 1. The molecule has 17 heavy (non-hydrogen) atoms. The normalized spacial score (nSPS) is 17.2. The average molecular weight is 250 g/mol. The lowest BCUT2D eigenvalue weighted by Crippen LogP contribution is -2.13. The van der Waals surface area contributed by atoms with Crippen molar-refractivity contribution in [2.45, 2.75) is 24.7 Å². The summed E-state index contributed by atoms with van der Waals surface area (Å²) in [6.45, 7) is 0. The van der Waals surface area contributed by atoms with Gasteiger partial charge in [-0.3, -0.25) is 4.79 Å². The fourth-order valence-electron chi connectivity index (χ4n) is 2.57. The molecule has 0 unspecified atom stereocenters. The van der Waals surface area contributed by atoms with Crippen LogP contribution in [0, 0.1) is 0 Å². The van der Waals surface area contributed by atoms with Gasteiger partial charge < -0.3 is 10.1 Å². The Kier molecular flexibility index (Phi) is 2.20. The van der Waals surface area contributed by atoms with Crippen molar-refractivity contribution in [2.24, 2.45) is 0 Å². The Morgan fingerprint density at radius 1 is 1.47 bits per heavy atom. The number of carbonyl (C=O) groups is 1. The van der Waals surface area contributed by atoms with Gasteiger partial charge in [0.05, 0.1) is 11.4 Å². The van der Waals surface area contributed by atoms with E-state index in [2.05, 4.69) is 4.98 Å². The Hall–Kier alpha value is -1.48. The predicted octanol–water partition coefficient (Wildman–Crippen LogP) is 3.33. The minimum absolute atomic E-state index is 0.188. The van der Waals surface area contributed by atoms with Gasteiger partial charge in [0.1, 0.15) is 0 Å². The molecule has 1 fully saturated rings. The number of H-pyrrole nitrogens is 1. The third kappa shape index (κ3) is 1.62. The number of nitrogens with one attached hydrogen (secondary N) is 1. The molecule has 3 rings (SSSR count). The van der Waals surface area contributed by atoms with Crippen LogP contribution >= 0.6 is 11.6 Å². The third-order valence-corrected chi connectivity index (χ3v) is 3.87. The Bertz CT molecular complexity index is 598. The van der Waals surface area contributed by atoms with E-state index in [1.807, 2.05) is 18.2 Å². The number of hydrogen-bond donors (Lipinski definition) is 2. The zero-order valence-corrected chi connectivity index (χ0v) is 9.92. The summed E-state index contributed by atoms with van der Waals surface area (Å²) in [4.78, 5) is 14.0. The van der Waals surface area contributed by atoms with Gasteiger partial charge >= 0.3 is 5.97 Å². The number of halogens is 1. The first-order valence-electron chi connectivity index (χ1n) is 5.60. The summed E-state index contributed by atoms with van der Waals surface area (Å²) < 4.78 is 0. The highest BCUT2D eigenvalue weighted by atomic mass is 35.5. The summed E-state index contributed by atoms with van der Waals surface area (Å²) in [5, 5.41) is 10.7. The number of aliphatic carboxylic acids is 1. The molecule has 0 radical (unpaired) electrons. The molecule has 1 aliphatic carbocycles. The zero-order valence-electron chi connectivity index (χ0n) is 9.16. The van der Waals surface area contributed by atoms with Crippen molar-refractivity contribution < 1.29 is 9.90 Å². The molecule has 1 aromatic carbocycles. The lowest BCUT2D eigenvalue weighted by atomic mass is 9.90. The molecule has 0 saturated heterocycles. The molecular formula is C13H12ClNO2. The molecule has 4 heteroatoms. The summed E-state index contributed by atoms with van der Waals surface area (Å²) in [5.74, 6) is -0.744. The third-order valence-electron chi connectivity index (χ3n) is 3.57. The standard InChI is InChI=1S/C13H12ClNO2/c14-9-7-15-10-3-1-2-8(12(9)10)13(4-5-13)6-11(16)17/h1-3,7,15H,4-6H2,(H,16,17). The van der Waals surface area contributed by atoms with E-state index in [4.69, 9.17) is 16.7 Å². The van der Waals surface area contributed by atoms with Gasteiger partial charge in [0.15, 0.2) is 0 Å². The van der Waals surface area contributed by atoms with Crippen molar-refractivity contribution in [3.63, 3.8) is 0 Å². The van der Waals surface area contributed by atoms with E-state index >= 15 is 0 Å². The molecule has 0 bridgehead atoms. The first-order chi connectivity index (χ1) is 8.12. The second kappa shape index (κ2) is 3.50. The molecule has 1 aromatic heterocycles. The van der Waals surface area contributed by atoms with Crippen LogP contribution in [0.4, 0.5) is 0 Å². The number of fused-ring (bicyclic) bond motifs is 1. The Morgan fingerprint density at radius 2 is 2.24 bits per heavy atom. The molecule has 2 aromatic rings. The highest BCUT2D eigenvalue weighted by molar-refractivity contribution is 6.35. The second-order valence-corrected chi connectivity index (χ2v) is 5.12. The fraction of sp³-hybridized carbons (Fsp3) is 0.308. The minimum Gasteiger partial charge on any atom is -0.481 e. The summed E-state index contributed by atoms with van der Waals surface area (Å²) in [6, 6.07) is 5.91. The number of hydrogen-bond acceptors (Lipinski definition) is 1. The van der Waals surface area contributed by atoms with Gasteiger partial charge in [-0.05, 0) is 24.5 Å². The summed E-state index contributed by atoms with van der Waals surface area (Å²) in [5.41, 5.74) is 1.85. The van der Waals surface area contributed by atoms with Crippen molar-refractivity contribution in [1.29, 1.82) is 0 Å². The molecule has 0 amide bonds. The van der Waals surface area contributed by atoms with E-state index in [0.717, 1.165) is 29.3 Å². The van der Waals surface area contributed by atoms with Crippen LogP contribution in [0.15, 0.2) is 24.4 Å². The molecule has 0 spiro atoms. The first-order valence-corrected chi connectivity index (χ1v) is 5.98. The van der Waals surface area contributed by atoms with Crippen molar-refractivity contribution >= 4 is 28.5 Å². The van der Waals surface area contributed by atoms with Crippen LogP contribution in [0.25, 0.3) is 10.9 Å². The monoisotopic (exact) mass is 249 g/mol. The maximum atomic E-state index is 10.9. The van der Waals surface area contributed by atoms with E-state index in [1.54, 1.807) is 6.20 Å². The number of carboxylic acids is 1. The smallest absolute Gasteiger partial charge is 0.304 e. The number of rotatable bonds is 3. The van der Waals surface area contributed by atoms with Crippen LogP contribution in [0.1, 0.15) is 24.8 Å². The molecule has 3 nitrogen and oxygen atoms in total. The lowest BCUT2D eigenvalue weighted by Gasteiger charge is -2.14. The fourth-order valence-corrected chi connectivity index (χ4v) is 2.82. The summed E-state index contributed by atoms with van der Waals surface area (Å²) in [6.07, 6.45) is 3.81.